The van der Waals surface area contributed by atoms with Gasteiger partial charge in [-0.2, -0.15) is 0 Å². The number of amides is 2. The molecule has 0 N–H and O–H groups in total. The Balaban J connectivity index is 1.86. The highest BCUT2D eigenvalue weighted by atomic mass is 35.5. The lowest BCUT2D eigenvalue weighted by Gasteiger charge is -2.29. The summed E-state index contributed by atoms with van der Waals surface area (Å²) in [5, 5.41) is 0.692. The highest BCUT2D eigenvalue weighted by molar-refractivity contribution is 6.46. The second-order valence-corrected chi connectivity index (χ2v) is 8.45. The predicted molar refractivity (Wildman–Crippen MR) is 117 cm³/mol. The van der Waals surface area contributed by atoms with Crippen molar-refractivity contribution in [2.24, 2.45) is 0 Å². The first-order valence-corrected chi connectivity index (χ1v) is 10.5. The molecule has 2 amide bonds. The van der Waals surface area contributed by atoms with Crippen molar-refractivity contribution in [2.75, 3.05) is 18.0 Å². The fraction of sp³-hybridized carbons (Fsp3) is 0.304. The third-order valence-corrected chi connectivity index (χ3v) is 6.28. The van der Waals surface area contributed by atoms with Gasteiger partial charge in [-0.15, -0.1) is 0 Å². The molecule has 0 radical (unpaired) electrons. The minimum absolute atomic E-state index is 0.301. The molecule has 1 saturated heterocycles. The summed E-state index contributed by atoms with van der Waals surface area (Å²) in [6.45, 7) is 5.54. The van der Waals surface area contributed by atoms with E-state index in [4.69, 9.17) is 23.2 Å². The molecule has 29 heavy (non-hydrogen) atoms. The predicted octanol–water partition coefficient (Wildman–Crippen LogP) is 5.38. The number of anilines is 1. The molecule has 4 rings (SSSR count). The Hall–Kier alpha value is -2.30. The lowest BCUT2D eigenvalue weighted by Crippen LogP contribution is -2.37. The molecule has 2 aromatic rings. The van der Waals surface area contributed by atoms with Crippen LogP contribution in [0.15, 0.2) is 42.1 Å². The number of likely N-dealkylation sites (tertiary alicyclic amines) is 1. The van der Waals surface area contributed by atoms with Gasteiger partial charge in [-0.1, -0.05) is 47.0 Å². The second kappa shape index (κ2) is 7.85. The SMILES string of the molecule is Cc1ccc(C2=C(N3CCCCC3)C(=O)N(c3ccc(Cl)c(Cl)c3)C2=O)c(C)c1. The molecule has 2 aromatic carbocycles. The second-order valence-electron chi connectivity index (χ2n) is 7.63. The molecule has 0 atom stereocenters. The molecule has 1 fully saturated rings. The van der Waals surface area contributed by atoms with E-state index in [2.05, 4.69) is 4.90 Å². The Labute approximate surface area is 180 Å². The van der Waals surface area contributed by atoms with Gasteiger partial charge in [0.05, 0.1) is 21.3 Å². The van der Waals surface area contributed by atoms with Crippen LogP contribution in [0.3, 0.4) is 0 Å². The third kappa shape index (κ3) is 3.56. The number of carbonyl (C=O) groups excluding carboxylic acids is 2. The van der Waals surface area contributed by atoms with Gasteiger partial charge in [-0.25, -0.2) is 4.90 Å². The number of rotatable bonds is 3. The molecule has 150 valence electrons. The summed E-state index contributed by atoms with van der Waals surface area (Å²) in [6, 6.07) is 10.8. The highest BCUT2D eigenvalue weighted by Crippen LogP contribution is 2.38. The van der Waals surface area contributed by atoms with Gasteiger partial charge in [-0.3, -0.25) is 9.59 Å². The van der Waals surface area contributed by atoms with E-state index in [1.165, 1.54) is 4.90 Å². The zero-order chi connectivity index (χ0) is 20.7. The van der Waals surface area contributed by atoms with E-state index in [0.29, 0.717) is 27.0 Å². The molecular formula is C23H22Cl2N2O2. The maximum atomic E-state index is 13.5. The van der Waals surface area contributed by atoms with Crippen molar-refractivity contribution in [3.63, 3.8) is 0 Å². The van der Waals surface area contributed by atoms with Gasteiger partial charge in [-0.05, 0) is 62.4 Å². The van der Waals surface area contributed by atoms with E-state index in [-0.39, 0.29) is 11.8 Å². The van der Waals surface area contributed by atoms with Crippen molar-refractivity contribution in [3.05, 3.63) is 68.8 Å². The Morgan fingerprint density at radius 1 is 0.828 bits per heavy atom. The summed E-state index contributed by atoms with van der Waals surface area (Å²) < 4.78 is 0. The number of piperidine rings is 1. The first-order chi connectivity index (χ1) is 13.9. The van der Waals surface area contributed by atoms with Crippen LogP contribution in [0.2, 0.25) is 10.0 Å². The normalized spacial score (nSPS) is 17.5. The average molecular weight is 429 g/mol. The van der Waals surface area contributed by atoms with Gasteiger partial charge in [0.2, 0.25) is 0 Å². The molecule has 4 nitrogen and oxygen atoms in total. The van der Waals surface area contributed by atoms with Crippen molar-refractivity contribution in [3.8, 4) is 0 Å². The van der Waals surface area contributed by atoms with E-state index >= 15 is 0 Å². The van der Waals surface area contributed by atoms with Crippen molar-refractivity contribution in [1.29, 1.82) is 0 Å². The molecule has 6 heteroatoms. The molecule has 0 saturated carbocycles. The molecule has 2 heterocycles. The van der Waals surface area contributed by atoms with Gasteiger partial charge >= 0.3 is 0 Å². The van der Waals surface area contributed by atoms with Crippen molar-refractivity contribution < 1.29 is 9.59 Å². The van der Waals surface area contributed by atoms with Crippen LogP contribution in [0, 0.1) is 13.8 Å². The minimum Gasteiger partial charge on any atom is -0.366 e. The maximum absolute atomic E-state index is 13.5. The van der Waals surface area contributed by atoms with Crippen molar-refractivity contribution in [2.45, 2.75) is 33.1 Å². The molecule has 0 bridgehead atoms. The van der Waals surface area contributed by atoms with Crippen LogP contribution >= 0.6 is 23.2 Å². The Morgan fingerprint density at radius 2 is 1.55 bits per heavy atom. The smallest absolute Gasteiger partial charge is 0.282 e. The van der Waals surface area contributed by atoms with E-state index in [1.54, 1.807) is 18.2 Å². The minimum atomic E-state index is -0.319. The summed E-state index contributed by atoms with van der Waals surface area (Å²) in [5.74, 6) is -0.619. The third-order valence-electron chi connectivity index (χ3n) is 5.54. The first kappa shape index (κ1) is 20.0. The molecule has 2 aliphatic heterocycles. The number of hydrogen-bond donors (Lipinski definition) is 0. The van der Waals surface area contributed by atoms with E-state index in [9.17, 15) is 9.59 Å². The van der Waals surface area contributed by atoms with Crippen LogP contribution < -0.4 is 4.90 Å². The molecule has 0 aromatic heterocycles. The van der Waals surface area contributed by atoms with Crippen LogP contribution in [0.1, 0.15) is 36.0 Å². The molecular weight excluding hydrogens is 407 g/mol. The lowest BCUT2D eigenvalue weighted by molar-refractivity contribution is -0.120. The summed E-state index contributed by atoms with van der Waals surface area (Å²) in [6.07, 6.45) is 3.16. The standard InChI is InChI=1S/C23H22Cl2N2O2/c1-14-6-8-17(15(2)12-14)20-21(26-10-4-3-5-11-26)23(29)27(22(20)28)16-7-9-18(24)19(25)13-16/h6-9,12-13H,3-5,10-11H2,1-2H3. The molecule has 0 spiro atoms. The number of nitrogens with zero attached hydrogens (tertiary/aromatic N) is 2. The van der Waals surface area contributed by atoms with Gasteiger partial charge in [0, 0.05) is 13.1 Å². The monoisotopic (exact) mass is 428 g/mol. The zero-order valence-electron chi connectivity index (χ0n) is 16.5. The number of hydrogen-bond acceptors (Lipinski definition) is 3. The van der Waals surface area contributed by atoms with E-state index in [0.717, 1.165) is 49.0 Å². The van der Waals surface area contributed by atoms with Crippen molar-refractivity contribution >= 4 is 46.3 Å². The fourth-order valence-corrected chi connectivity index (χ4v) is 4.42. The summed E-state index contributed by atoms with van der Waals surface area (Å²) in [4.78, 5) is 30.3. The van der Waals surface area contributed by atoms with Crippen LogP contribution in [0.25, 0.3) is 5.57 Å². The number of aryl methyl sites for hydroxylation is 2. The molecule has 2 aliphatic rings. The lowest BCUT2D eigenvalue weighted by atomic mass is 9.97. The van der Waals surface area contributed by atoms with E-state index in [1.807, 2.05) is 32.0 Å². The number of imide groups is 1. The molecule has 0 aliphatic carbocycles. The summed E-state index contributed by atoms with van der Waals surface area (Å²) in [7, 11) is 0. The average Bonchev–Trinajstić information content (AvgIpc) is 2.95. The highest BCUT2D eigenvalue weighted by Gasteiger charge is 2.43. The molecule has 0 unspecified atom stereocenters. The number of halogens is 2. The Morgan fingerprint density at radius 3 is 2.21 bits per heavy atom. The topological polar surface area (TPSA) is 40.6 Å². The van der Waals surface area contributed by atoms with Crippen LogP contribution in [0.5, 0.6) is 0 Å². The van der Waals surface area contributed by atoms with Crippen molar-refractivity contribution in [1.82, 2.24) is 4.90 Å². The summed E-state index contributed by atoms with van der Waals surface area (Å²) in [5.41, 5.74) is 4.30. The fourth-order valence-electron chi connectivity index (χ4n) is 4.12. The van der Waals surface area contributed by atoms with Gasteiger partial charge < -0.3 is 4.90 Å². The Kier molecular flexibility index (Phi) is 5.41. The van der Waals surface area contributed by atoms with Gasteiger partial charge in [0.25, 0.3) is 11.8 Å². The van der Waals surface area contributed by atoms with Crippen LogP contribution in [-0.4, -0.2) is 29.8 Å². The van der Waals surface area contributed by atoms with Crippen LogP contribution in [-0.2, 0) is 9.59 Å². The number of benzene rings is 2. The quantitative estimate of drug-likeness (QED) is 0.615. The first-order valence-electron chi connectivity index (χ1n) is 9.79. The zero-order valence-corrected chi connectivity index (χ0v) is 18.0. The van der Waals surface area contributed by atoms with E-state index < -0.39 is 0 Å². The maximum Gasteiger partial charge on any atom is 0.282 e. The van der Waals surface area contributed by atoms with Gasteiger partial charge in [0.1, 0.15) is 5.70 Å². The van der Waals surface area contributed by atoms with Gasteiger partial charge in [0.15, 0.2) is 0 Å². The Bertz CT molecular complexity index is 1040. The largest absolute Gasteiger partial charge is 0.366 e. The summed E-state index contributed by atoms with van der Waals surface area (Å²) >= 11 is 12.2. The number of carbonyl (C=O) groups is 2. The van der Waals surface area contributed by atoms with Crippen LogP contribution in [0.4, 0.5) is 5.69 Å².